The summed E-state index contributed by atoms with van der Waals surface area (Å²) in [5.41, 5.74) is 0. The average Bonchev–Trinajstić information content (AvgIpc) is 3.23. The van der Waals surface area contributed by atoms with Gasteiger partial charge in [0, 0.05) is 0 Å². The van der Waals surface area contributed by atoms with Gasteiger partial charge < -0.3 is 17.8 Å². The van der Waals surface area contributed by atoms with Gasteiger partial charge in [0.1, 0.15) is 13.2 Å². The highest BCUT2D eigenvalue weighted by molar-refractivity contribution is 7.80. The number of ether oxygens (including phenoxy) is 2. The number of carbonyl (C=O) groups is 2. The summed E-state index contributed by atoms with van der Waals surface area (Å²) in [6.07, 6.45) is 6.60. The van der Waals surface area contributed by atoms with E-state index < -0.39 is 45.9 Å². The van der Waals surface area contributed by atoms with Gasteiger partial charge in [0.25, 0.3) is 0 Å². The smallest absolute Gasteiger partial charge is 0.310 e. The minimum absolute atomic E-state index is 0.0125. The Hall–Kier alpha value is -1.94. The zero-order valence-corrected chi connectivity index (χ0v) is 16.3. The molecule has 10 heteroatoms. The number of allylic oxidation sites excluding steroid dienone is 2. The molecule has 0 saturated heterocycles. The molecule has 2 aliphatic carbocycles. The molecule has 0 spiro atoms. The van der Waals surface area contributed by atoms with E-state index in [-0.39, 0.29) is 36.6 Å². The van der Waals surface area contributed by atoms with Gasteiger partial charge in [-0.15, -0.1) is 0 Å². The van der Waals surface area contributed by atoms with Crippen molar-refractivity contribution in [3.05, 3.63) is 37.8 Å². The number of rotatable bonds is 12. The third kappa shape index (κ3) is 5.77. The highest BCUT2D eigenvalue weighted by atomic mass is 32.2. The molecule has 1 saturated carbocycles. The highest BCUT2D eigenvalue weighted by Gasteiger charge is 2.53. The summed E-state index contributed by atoms with van der Waals surface area (Å²) >= 11 is -3.23. The average molecular weight is 418 g/mol. The Bertz CT molecular complexity index is 605. The second kappa shape index (κ2) is 10.4. The predicted molar refractivity (Wildman–Crippen MR) is 98.2 cm³/mol. The molecular weight excluding hydrogens is 396 g/mol. The molecule has 0 N–H and O–H groups in total. The lowest BCUT2D eigenvalue weighted by Crippen LogP contribution is -2.36. The molecule has 2 aliphatic rings. The molecule has 0 aromatic heterocycles. The van der Waals surface area contributed by atoms with Gasteiger partial charge in [-0.25, -0.2) is 8.42 Å². The number of fused-ring (bicyclic) bond motifs is 2. The van der Waals surface area contributed by atoms with Crippen molar-refractivity contribution >= 4 is 34.1 Å². The summed E-state index contributed by atoms with van der Waals surface area (Å²) in [7, 11) is 0. The molecule has 0 radical (unpaired) electrons. The Morgan fingerprint density at radius 1 is 0.889 bits per heavy atom. The monoisotopic (exact) mass is 418 g/mol. The molecule has 0 aromatic carbocycles. The largest absolute Gasteiger partial charge is 0.464 e. The van der Waals surface area contributed by atoms with Crippen molar-refractivity contribution in [1.82, 2.24) is 0 Å². The van der Waals surface area contributed by atoms with Crippen molar-refractivity contribution in [2.45, 2.75) is 6.42 Å². The fourth-order valence-electron chi connectivity index (χ4n) is 3.33. The summed E-state index contributed by atoms with van der Waals surface area (Å²) in [6, 6.07) is 0. The summed E-state index contributed by atoms with van der Waals surface area (Å²) in [5.74, 6) is -2.49. The zero-order chi connectivity index (χ0) is 19.8. The van der Waals surface area contributed by atoms with Crippen LogP contribution in [0.2, 0.25) is 0 Å². The first-order chi connectivity index (χ1) is 13.0. The van der Waals surface area contributed by atoms with E-state index in [1.807, 2.05) is 12.2 Å². The third-order valence-electron chi connectivity index (χ3n) is 4.34. The summed E-state index contributed by atoms with van der Waals surface area (Å²) in [4.78, 5) is 24.9. The quantitative estimate of drug-likeness (QED) is 0.264. The normalized spacial score (nSPS) is 27.4. The van der Waals surface area contributed by atoms with E-state index in [4.69, 9.17) is 9.47 Å². The topological polar surface area (TPSA) is 105 Å². The Kier molecular flexibility index (Phi) is 8.23. The first-order valence-electron chi connectivity index (χ1n) is 8.32. The van der Waals surface area contributed by atoms with E-state index in [9.17, 15) is 18.0 Å². The van der Waals surface area contributed by atoms with Gasteiger partial charge in [0.15, 0.2) is 0 Å². The molecule has 150 valence electrons. The van der Waals surface area contributed by atoms with Crippen LogP contribution in [0.4, 0.5) is 0 Å². The van der Waals surface area contributed by atoms with Gasteiger partial charge in [-0.2, -0.15) is 0 Å². The van der Waals surface area contributed by atoms with Crippen LogP contribution in [0.25, 0.3) is 0 Å². The molecule has 6 unspecified atom stereocenters. The Morgan fingerprint density at radius 3 is 1.67 bits per heavy atom. The fraction of sp³-hybridized carbons (Fsp3) is 0.529. The standard InChI is InChI=1S/C17H22O8S2/c1-3-24-26(20)9-7-22-16(18)14-12-5-6-13(11-12)15(14)17(19)23-8-10-27(21)25-4-2/h3-6,12-15H,1-2,7-11H2. The van der Waals surface area contributed by atoms with Gasteiger partial charge in [-0.1, -0.05) is 25.3 Å². The van der Waals surface area contributed by atoms with E-state index in [2.05, 4.69) is 21.5 Å². The molecular formula is C17H22O8S2. The van der Waals surface area contributed by atoms with E-state index in [1.165, 1.54) is 0 Å². The van der Waals surface area contributed by atoms with Gasteiger partial charge in [-0.3, -0.25) is 9.59 Å². The maximum absolute atomic E-state index is 12.5. The second-order valence-corrected chi connectivity index (χ2v) is 8.29. The van der Waals surface area contributed by atoms with Crippen molar-refractivity contribution in [1.29, 1.82) is 0 Å². The first-order valence-corrected chi connectivity index (χ1v) is 10.8. The van der Waals surface area contributed by atoms with Gasteiger partial charge in [0.05, 0.1) is 35.9 Å². The fourth-order valence-corrected chi connectivity index (χ4v) is 4.26. The molecule has 2 rings (SSSR count). The van der Waals surface area contributed by atoms with Crippen LogP contribution in [-0.4, -0.2) is 45.1 Å². The van der Waals surface area contributed by atoms with Gasteiger partial charge in [-0.05, 0) is 18.3 Å². The molecule has 2 bridgehead atoms. The lowest BCUT2D eigenvalue weighted by atomic mass is 9.83. The zero-order valence-electron chi connectivity index (χ0n) is 14.7. The third-order valence-corrected chi connectivity index (χ3v) is 6.04. The minimum atomic E-state index is -1.62. The van der Waals surface area contributed by atoms with E-state index in [0.717, 1.165) is 12.5 Å². The second-order valence-electron chi connectivity index (χ2n) is 5.88. The van der Waals surface area contributed by atoms with Crippen LogP contribution in [0.1, 0.15) is 6.42 Å². The van der Waals surface area contributed by atoms with Crippen molar-refractivity contribution < 1.29 is 35.8 Å². The van der Waals surface area contributed by atoms with Gasteiger partial charge >= 0.3 is 11.9 Å². The predicted octanol–water partition coefficient (Wildman–Crippen LogP) is 1.16. The van der Waals surface area contributed by atoms with Crippen molar-refractivity contribution in [2.24, 2.45) is 23.7 Å². The number of carbonyl (C=O) groups excluding carboxylic acids is 2. The van der Waals surface area contributed by atoms with Crippen LogP contribution in [0.15, 0.2) is 37.8 Å². The maximum Gasteiger partial charge on any atom is 0.310 e. The van der Waals surface area contributed by atoms with E-state index in [1.54, 1.807) is 0 Å². The maximum atomic E-state index is 12.5. The molecule has 0 amide bonds. The summed E-state index contributed by atoms with van der Waals surface area (Å²) in [5, 5.41) is 0. The number of hydrogen-bond donors (Lipinski definition) is 0. The van der Waals surface area contributed by atoms with Gasteiger partial charge in [0.2, 0.25) is 22.2 Å². The van der Waals surface area contributed by atoms with Crippen molar-refractivity contribution in [3.8, 4) is 0 Å². The SMILES string of the molecule is C=COS(=O)CCOC(=O)C1C2C=CC(C2)C1C(=O)OCCS(=O)OC=C. The lowest BCUT2D eigenvalue weighted by molar-refractivity contribution is -0.160. The molecule has 0 aliphatic heterocycles. The molecule has 1 fully saturated rings. The van der Waals surface area contributed by atoms with Crippen LogP contribution in [0.3, 0.4) is 0 Å². The van der Waals surface area contributed by atoms with E-state index >= 15 is 0 Å². The van der Waals surface area contributed by atoms with Crippen LogP contribution < -0.4 is 0 Å². The Morgan fingerprint density at radius 2 is 1.30 bits per heavy atom. The molecule has 0 aromatic rings. The molecule has 0 heterocycles. The Balaban J connectivity index is 1.87. The van der Waals surface area contributed by atoms with Crippen molar-refractivity contribution in [2.75, 3.05) is 24.7 Å². The number of hydrogen-bond acceptors (Lipinski definition) is 8. The van der Waals surface area contributed by atoms with Crippen molar-refractivity contribution in [3.63, 3.8) is 0 Å². The minimum Gasteiger partial charge on any atom is -0.464 e. The summed E-state index contributed by atoms with van der Waals surface area (Å²) in [6.45, 7) is 6.41. The van der Waals surface area contributed by atoms with E-state index in [0.29, 0.717) is 6.42 Å². The van der Waals surface area contributed by atoms with Crippen LogP contribution >= 0.6 is 0 Å². The van der Waals surface area contributed by atoms with Crippen LogP contribution in [0.5, 0.6) is 0 Å². The van der Waals surface area contributed by atoms with Crippen LogP contribution in [-0.2, 0) is 49.6 Å². The Labute approximate surface area is 162 Å². The number of esters is 2. The molecule has 8 nitrogen and oxygen atoms in total. The highest BCUT2D eigenvalue weighted by Crippen LogP contribution is 2.49. The molecule has 6 atom stereocenters. The van der Waals surface area contributed by atoms with Crippen LogP contribution in [0, 0.1) is 23.7 Å². The lowest BCUT2D eigenvalue weighted by Gasteiger charge is -2.24. The molecule has 27 heavy (non-hydrogen) atoms. The summed E-state index contributed by atoms with van der Waals surface area (Å²) < 4.78 is 42.4. The first kappa shape index (κ1) is 21.4.